The summed E-state index contributed by atoms with van der Waals surface area (Å²) in [6.07, 6.45) is 2.78. The second kappa shape index (κ2) is 12.4. The van der Waals surface area contributed by atoms with Crippen molar-refractivity contribution in [2.75, 3.05) is 33.0 Å². The molecule has 2 N–H and O–H groups in total. The van der Waals surface area contributed by atoms with Crippen molar-refractivity contribution in [3.8, 4) is 11.5 Å². The van der Waals surface area contributed by atoms with E-state index in [2.05, 4.69) is 20.4 Å². The topological polar surface area (TPSA) is 92.3 Å². The monoisotopic (exact) mass is 562 g/mol. The summed E-state index contributed by atoms with van der Waals surface area (Å²) in [5.74, 6) is 0.645. The number of benzene rings is 1. The maximum Gasteiger partial charge on any atom is 0.387 e. The summed E-state index contributed by atoms with van der Waals surface area (Å²) in [7, 11) is -1.68. The number of aliphatic imine (C=N–C) groups is 1. The lowest BCUT2D eigenvalue weighted by atomic mass is 10.2. The van der Waals surface area contributed by atoms with Gasteiger partial charge in [-0.3, -0.25) is 4.99 Å². The van der Waals surface area contributed by atoms with Gasteiger partial charge in [-0.25, -0.2) is 8.42 Å². The van der Waals surface area contributed by atoms with Crippen molar-refractivity contribution in [1.29, 1.82) is 0 Å². The van der Waals surface area contributed by atoms with Crippen LogP contribution in [0.4, 0.5) is 8.78 Å². The van der Waals surface area contributed by atoms with E-state index >= 15 is 0 Å². The van der Waals surface area contributed by atoms with Gasteiger partial charge in [0.2, 0.25) is 10.0 Å². The van der Waals surface area contributed by atoms with Gasteiger partial charge in [-0.05, 0) is 25.8 Å². The van der Waals surface area contributed by atoms with E-state index in [0.717, 1.165) is 12.8 Å². The van der Waals surface area contributed by atoms with E-state index < -0.39 is 16.6 Å². The number of guanidine groups is 1. The minimum Gasteiger partial charge on any atom is -0.490 e. The molecule has 1 fully saturated rings. The number of para-hydroxylation sites is 1. The number of rotatable bonds is 9. The Labute approximate surface area is 193 Å². The van der Waals surface area contributed by atoms with E-state index in [-0.39, 0.29) is 48.1 Å². The van der Waals surface area contributed by atoms with E-state index in [9.17, 15) is 17.2 Å². The van der Waals surface area contributed by atoms with Gasteiger partial charge in [-0.15, -0.1) is 24.0 Å². The zero-order chi connectivity index (χ0) is 21.4. The Hall–Kier alpha value is -1.41. The lowest BCUT2D eigenvalue weighted by molar-refractivity contribution is -0.0520. The third-order valence-electron chi connectivity index (χ3n) is 4.49. The van der Waals surface area contributed by atoms with Crippen molar-refractivity contribution in [2.45, 2.75) is 39.0 Å². The highest BCUT2D eigenvalue weighted by atomic mass is 127. The van der Waals surface area contributed by atoms with Crippen LogP contribution in [-0.2, 0) is 16.6 Å². The lowest BCUT2D eigenvalue weighted by Crippen LogP contribution is -2.46. The van der Waals surface area contributed by atoms with Gasteiger partial charge in [0.25, 0.3) is 0 Å². The third kappa shape index (κ3) is 7.69. The van der Waals surface area contributed by atoms with Gasteiger partial charge in [-0.2, -0.15) is 13.1 Å². The molecular formula is C18H29F2IN4O4S. The van der Waals surface area contributed by atoms with Gasteiger partial charge >= 0.3 is 6.61 Å². The van der Waals surface area contributed by atoms with E-state index in [0.29, 0.717) is 31.2 Å². The predicted octanol–water partition coefficient (Wildman–Crippen LogP) is 2.39. The summed E-state index contributed by atoms with van der Waals surface area (Å²) in [5, 5.41) is 6.13. The summed E-state index contributed by atoms with van der Waals surface area (Å²) in [5.41, 5.74) is 0.484. The number of ether oxygens (including phenoxy) is 2. The molecule has 0 amide bonds. The summed E-state index contributed by atoms with van der Waals surface area (Å²) in [6, 6.07) is 4.77. The van der Waals surface area contributed by atoms with Gasteiger partial charge in [-0.1, -0.05) is 12.1 Å². The zero-order valence-electron chi connectivity index (χ0n) is 17.2. The van der Waals surface area contributed by atoms with E-state index in [1.54, 1.807) is 32.2 Å². The standard InChI is InChI=1S/C18H28F2N4O4S.HI/c1-4-27-15-9-5-7-13(16(15)28-17(19)20)11-22-18(21-2)23-12-14-8-6-10-24(14)29(3,25)26;/h5,7,9,14,17H,4,6,8,10-12H2,1-3H3,(H2,21,22,23);1H/t14-;/m1./s1. The van der Waals surface area contributed by atoms with Crippen molar-refractivity contribution in [3.05, 3.63) is 23.8 Å². The highest BCUT2D eigenvalue weighted by Gasteiger charge is 2.31. The number of nitrogens with zero attached hydrogens (tertiary/aromatic N) is 2. The summed E-state index contributed by atoms with van der Waals surface area (Å²) in [6.45, 7) is 0.173. The van der Waals surface area contributed by atoms with Crippen LogP contribution in [0.2, 0.25) is 0 Å². The van der Waals surface area contributed by atoms with E-state index in [4.69, 9.17) is 4.74 Å². The Morgan fingerprint density at radius 1 is 1.37 bits per heavy atom. The smallest absolute Gasteiger partial charge is 0.387 e. The fourth-order valence-corrected chi connectivity index (χ4v) is 4.44. The molecule has 0 aliphatic carbocycles. The second-order valence-corrected chi connectivity index (χ2v) is 8.47. The van der Waals surface area contributed by atoms with Crippen LogP contribution in [0.1, 0.15) is 25.3 Å². The van der Waals surface area contributed by atoms with Crippen molar-refractivity contribution < 1.29 is 26.7 Å². The summed E-state index contributed by atoms with van der Waals surface area (Å²) < 4.78 is 60.8. The molecule has 2 rings (SSSR count). The minimum absolute atomic E-state index is 0. The SMILES string of the molecule is CCOc1cccc(CNC(=NC)NC[C@H]2CCCN2S(C)(=O)=O)c1OC(F)F.I. The van der Waals surface area contributed by atoms with Crippen molar-refractivity contribution in [1.82, 2.24) is 14.9 Å². The first-order valence-corrected chi connectivity index (χ1v) is 11.2. The summed E-state index contributed by atoms with van der Waals surface area (Å²) in [4.78, 5) is 4.11. The van der Waals surface area contributed by atoms with Crippen LogP contribution in [-0.4, -0.2) is 64.3 Å². The van der Waals surface area contributed by atoms with Crippen LogP contribution >= 0.6 is 24.0 Å². The van der Waals surface area contributed by atoms with Crippen LogP contribution in [0, 0.1) is 0 Å². The first-order valence-electron chi connectivity index (χ1n) is 9.37. The number of halogens is 3. The van der Waals surface area contributed by atoms with Crippen molar-refractivity contribution in [2.24, 2.45) is 4.99 Å². The normalized spacial score (nSPS) is 17.5. The Bertz CT molecular complexity index is 811. The molecule has 12 heteroatoms. The Kier molecular flexibility index (Phi) is 11.0. The average molecular weight is 562 g/mol. The molecular weight excluding hydrogens is 533 g/mol. The summed E-state index contributed by atoms with van der Waals surface area (Å²) >= 11 is 0. The van der Waals surface area contributed by atoms with Crippen molar-refractivity contribution >= 4 is 40.0 Å². The quantitative estimate of drug-likeness (QED) is 0.273. The molecule has 0 radical (unpaired) electrons. The highest BCUT2D eigenvalue weighted by molar-refractivity contribution is 14.0. The Morgan fingerprint density at radius 3 is 2.70 bits per heavy atom. The fourth-order valence-electron chi connectivity index (χ4n) is 3.26. The Morgan fingerprint density at radius 2 is 2.10 bits per heavy atom. The van der Waals surface area contributed by atoms with E-state index in [1.807, 2.05) is 0 Å². The Balaban J connectivity index is 0.00000450. The molecule has 1 aromatic rings. The van der Waals surface area contributed by atoms with Crippen LogP contribution in [0.3, 0.4) is 0 Å². The molecule has 1 aliphatic heterocycles. The maximum atomic E-state index is 12.8. The first-order chi connectivity index (χ1) is 13.8. The largest absolute Gasteiger partial charge is 0.490 e. The third-order valence-corrected chi connectivity index (χ3v) is 5.82. The number of nitrogens with one attached hydrogen (secondary N) is 2. The molecule has 30 heavy (non-hydrogen) atoms. The van der Waals surface area contributed by atoms with Gasteiger partial charge in [0.15, 0.2) is 17.5 Å². The number of hydrogen-bond acceptors (Lipinski definition) is 5. The highest BCUT2D eigenvalue weighted by Crippen LogP contribution is 2.32. The number of alkyl halides is 2. The predicted molar refractivity (Wildman–Crippen MR) is 122 cm³/mol. The van der Waals surface area contributed by atoms with Gasteiger partial charge in [0.05, 0.1) is 12.9 Å². The molecule has 1 saturated heterocycles. The van der Waals surface area contributed by atoms with Crippen LogP contribution in [0.25, 0.3) is 0 Å². The van der Waals surface area contributed by atoms with Gasteiger partial charge in [0.1, 0.15) is 0 Å². The molecule has 1 atom stereocenters. The molecule has 1 aliphatic rings. The molecule has 0 unspecified atom stereocenters. The molecule has 1 heterocycles. The van der Waals surface area contributed by atoms with E-state index in [1.165, 1.54) is 10.6 Å². The molecule has 0 bridgehead atoms. The zero-order valence-corrected chi connectivity index (χ0v) is 20.4. The molecule has 0 saturated carbocycles. The van der Waals surface area contributed by atoms with Crippen LogP contribution in [0.5, 0.6) is 11.5 Å². The molecule has 8 nitrogen and oxygen atoms in total. The molecule has 1 aromatic carbocycles. The molecule has 0 spiro atoms. The fraction of sp³-hybridized carbons (Fsp3) is 0.611. The van der Waals surface area contributed by atoms with Crippen LogP contribution in [0.15, 0.2) is 23.2 Å². The first kappa shape index (κ1) is 26.6. The number of sulfonamides is 1. The number of hydrogen-bond donors (Lipinski definition) is 2. The average Bonchev–Trinajstić information content (AvgIpc) is 3.13. The lowest BCUT2D eigenvalue weighted by Gasteiger charge is -2.23. The molecule has 0 aromatic heterocycles. The second-order valence-electron chi connectivity index (χ2n) is 6.53. The van der Waals surface area contributed by atoms with Gasteiger partial charge < -0.3 is 20.1 Å². The van der Waals surface area contributed by atoms with Gasteiger partial charge in [0, 0.05) is 38.3 Å². The minimum atomic E-state index is -3.26. The maximum absolute atomic E-state index is 12.8. The van der Waals surface area contributed by atoms with Crippen LogP contribution < -0.4 is 20.1 Å². The molecule has 172 valence electrons. The van der Waals surface area contributed by atoms with Crippen molar-refractivity contribution in [3.63, 3.8) is 0 Å².